The lowest BCUT2D eigenvalue weighted by molar-refractivity contribution is 0.0962. The Morgan fingerprint density at radius 3 is 2.25 bits per heavy atom. The largest absolute Gasteiger partial charge is 0.494 e. The van der Waals surface area contributed by atoms with Crippen LogP contribution < -0.4 is 19.1 Å². The number of rotatable bonds is 10. The third kappa shape index (κ3) is 5.75. The number of fused-ring (bicyclic) bond motifs is 1. The third-order valence-corrected chi connectivity index (χ3v) is 7.67. The van der Waals surface area contributed by atoms with Gasteiger partial charge in [0.25, 0.3) is 0 Å². The summed E-state index contributed by atoms with van der Waals surface area (Å²) in [5, 5.41) is 8.74. The highest BCUT2D eigenvalue weighted by Gasteiger charge is 2.34. The molecule has 0 spiro atoms. The van der Waals surface area contributed by atoms with Crippen molar-refractivity contribution in [2.24, 2.45) is 0 Å². The Hall–Kier alpha value is -3.33. The van der Waals surface area contributed by atoms with Crippen molar-refractivity contribution < 1.29 is 23.4 Å². The van der Waals surface area contributed by atoms with Gasteiger partial charge in [-0.05, 0) is 49.6 Å². The standard InChI is InChI=1S/C31H43FN4O4/c1-8-34-11-13-35(14-12-34)23-16-20(15-22(28(23)38-7)31(4,5)6)24(37)19-36-18-21-17-25(39-9-2)29(40-10-3)27(32)26(21)30(36)33/h15-17,33H,8-14,18-19H2,1-7H3. The normalized spacial score (nSPS) is 15.8. The third-order valence-electron chi connectivity index (χ3n) is 7.67. The van der Waals surface area contributed by atoms with E-state index in [2.05, 4.69) is 37.5 Å². The number of nitrogens with one attached hydrogen (secondary N) is 1. The second kappa shape index (κ2) is 12.0. The van der Waals surface area contributed by atoms with E-state index >= 15 is 4.39 Å². The maximum Gasteiger partial charge on any atom is 0.197 e. The fourth-order valence-corrected chi connectivity index (χ4v) is 5.51. The average Bonchev–Trinajstić information content (AvgIpc) is 3.24. The Labute approximate surface area is 237 Å². The van der Waals surface area contributed by atoms with Crippen LogP contribution in [-0.2, 0) is 12.0 Å². The molecule has 9 heteroatoms. The van der Waals surface area contributed by atoms with E-state index in [1.807, 2.05) is 19.1 Å². The summed E-state index contributed by atoms with van der Waals surface area (Å²) in [6.45, 7) is 17.6. The molecule has 0 unspecified atom stereocenters. The molecular weight excluding hydrogens is 511 g/mol. The molecule has 2 aliphatic rings. The number of nitrogens with zero attached hydrogens (tertiary/aromatic N) is 3. The van der Waals surface area contributed by atoms with Crippen LogP contribution in [0.25, 0.3) is 0 Å². The van der Waals surface area contributed by atoms with Crippen molar-refractivity contribution in [3.8, 4) is 17.2 Å². The second-order valence-electron chi connectivity index (χ2n) is 11.3. The molecule has 0 radical (unpaired) electrons. The van der Waals surface area contributed by atoms with Crippen LogP contribution in [0.2, 0.25) is 0 Å². The topological polar surface area (TPSA) is 78.3 Å². The molecule has 0 amide bonds. The molecule has 8 nitrogen and oxygen atoms in total. The lowest BCUT2D eigenvalue weighted by Gasteiger charge is -2.37. The van der Waals surface area contributed by atoms with E-state index in [9.17, 15) is 4.79 Å². The van der Waals surface area contributed by atoms with Crippen LogP contribution in [0.15, 0.2) is 18.2 Å². The Balaban J connectivity index is 1.66. The average molecular weight is 555 g/mol. The van der Waals surface area contributed by atoms with Crippen LogP contribution in [-0.4, -0.2) is 81.0 Å². The number of likely N-dealkylation sites (N-methyl/N-ethyl adjacent to an activating group) is 1. The predicted octanol–water partition coefficient (Wildman–Crippen LogP) is 5.09. The first-order valence-corrected chi connectivity index (χ1v) is 14.2. The SMILES string of the molecule is CCOc1cc2c(c(F)c1OCC)C(=N)N(CC(=O)c1cc(N3CCN(CC)CC3)c(OC)c(C(C)(C)C)c1)C2. The highest BCUT2D eigenvalue weighted by atomic mass is 19.1. The van der Waals surface area contributed by atoms with Crippen molar-refractivity contribution >= 4 is 17.3 Å². The minimum Gasteiger partial charge on any atom is -0.494 e. The molecule has 4 rings (SSSR count). The number of carbonyl (C=O) groups is 1. The van der Waals surface area contributed by atoms with Crippen molar-refractivity contribution in [1.29, 1.82) is 5.41 Å². The van der Waals surface area contributed by atoms with Crippen LogP contribution in [0.5, 0.6) is 17.2 Å². The van der Waals surface area contributed by atoms with E-state index in [4.69, 9.17) is 19.6 Å². The Morgan fingerprint density at radius 2 is 1.68 bits per heavy atom. The number of hydrogen-bond acceptors (Lipinski definition) is 7. The molecule has 218 valence electrons. The van der Waals surface area contributed by atoms with Crippen LogP contribution >= 0.6 is 0 Å². The smallest absolute Gasteiger partial charge is 0.197 e. The number of ether oxygens (including phenoxy) is 3. The van der Waals surface area contributed by atoms with Gasteiger partial charge in [-0.15, -0.1) is 0 Å². The summed E-state index contributed by atoms with van der Waals surface area (Å²) in [6.07, 6.45) is 0. The molecule has 0 atom stereocenters. The fourth-order valence-electron chi connectivity index (χ4n) is 5.51. The molecule has 2 aromatic carbocycles. The molecule has 0 aliphatic carbocycles. The van der Waals surface area contributed by atoms with Gasteiger partial charge in [0.1, 0.15) is 11.6 Å². The summed E-state index contributed by atoms with van der Waals surface area (Å²) in [4.78, 5) is 20.1. The molecule has 40 heavy (non-hydrogen) atoms. The van der Waals surface area contributed by atoms with Gasteiger partial charge in [-0.3, -0.25) is 10.2 Å². The first-order valence-electron chi connectivity index (χ1n) is 14.2. The minimum atomic E-state index is -0.615. The van der Waals surface area contributed by atoms with Crippen LogP contribution in [0, 0.1) is 11.2 Å². The molecule has 0 aromatic heterocycles. The maximum absolute atomic E-state index is 15.5. The van der Waals surface area contributed by atoms with E-state index < -0.39 is 5.82 Å². The zero-order chi connectivity index (χ0) is 29.2. The van der Waals surface area contributed by atoms with E-state index in [1.165, 1.54) is 0 Å². The van der Waals surface area contributed by atoms with E-state index in [-0.39, 0.29) is 48.0 Å². The number of amidine groups is 1. The summed E-state index contributed by atoms with van der Waals surface area (Å²) < 4.78 is 32.6. The Kier molecular flexibility index (Phi) is 8.93. The van der Waals surface area contributed by atoms with Crippen molar-refractivity contribution in [2.75, 3.05) is 64.5 Å². The number of ketones is 1. The minimum absolute atomic E-state index is 0.0128. The highest BCUT2D eigenvalue weighted by Crippen LogP contribution is 2.42. The zero-order valence-electron chi connectivity index (χ0n) is 24.9. The van der Waals surface area contributed by atoms with Gasteiger partial charge in [0.05, 0.1) is 38.1 Å². The number of hydrogen-bond donors (Lipinski definition) is 1. The molecule has 0 bridgehead atoms. The summed E-state index contributed by atoms with van der Waals surface area (Å²) in [7, 11) is 1.68. The fraction of sp³-hybridized carbons (Fsp3) is 0.548. The quantitative estimate of drug-likeness (QED) is 0.410. The molecule has 2 aromatic rings. The molecular formula is C31H43FN4O4. The molecule has 1 saturated heterocycles. The van der Waals surface area contributed by atoms with Crippen molar-refractivity contribution in [1.82, 2.24) is 9.80 Å². The first kappa shape index (κ1) is 29.6. The second-order valence-corrected chi connectivity index (χ2v) is 11.3. The summed E-state index contributed by atoms with van der Waals surface area (Å²) >= 11 is 0. The summed E-state index contributed by atoms with van der Waals surface area (Å²) in [6, 6.07) is 5.57. The number of piperazine rings is 1. The molecule has 2 aliphatic heterocycles. The van der Waals surface area contributed by atoms with Crippen LogP contribution in [0.3, 0.4) is 0 Å². The first-order chi connectivity index (χ1) is 19.0. The summed E-state index contributed by atoms with van der Waals surface area (Å²) in [5.41, 5.74) is 2.96. The van der Waals surface area contributed by atoms with E-state index in [0.29, 0.717) is 23.5 Å². The lowest BCUT2D eigenvalue weighted by atomic mass is 9.84. The van der Waals surface area contributed by atoms with Gasteiger partial charge in [0.15, 0.2) is 23.1 Å². The predicted molar refractivity (Wildman–Crippen MR) is 156 cm³/mol. The van der Waals surface area contributed by atoms with E-state index in [0.717, 1.165) is 49.7 Å². The van der Waals surface area contributed by atoms with Crippen molar-refractivity contribution in [2.45, 2.75) is 53.5 Å². The summed E-state index contributed by atoms with van der Waals surface area (Å²) in [5.74, 6) is 0.359. The number of anilines is 1. The van der Waals surface area contributed by atoms with Gasteiger partial charge in [-0.1, -0.05) is 27.7 Å². The number of benzene rings is 2. The van der Waals surface area contributed by atoms with Gasteiger partial charge >= 0.3 is 0 Å². The zero-order valence-corrected chi connectivity index (χ0v) is 24.9. The lowest BCUT2D eigenvalue weighted by Crippen LogP contribution is -2.46. The number of carbonyl (C=O) groups excluding carboxylic acids is 1. The maximum atomic E-state index is 15.5. The Morgan fingerprint density at radius 1 is 1.00 bits per heavy atom. The van der Waals surface area contributed by atoms with Gasteiger partial charge in [0.2, 0.25) is 0 Å². The number of halogens is 1. The van der Waals surface area contributed by atoms with Crippen LogP contribution in [0.4, 0.5) is 10.1 Å². The van der Waals surface area contributed by atoms with Gasteiger partial charge < -0.3 is 28.9 Å². The Bertz CT molecular complexity index is 1270. The molecule has 1 fully saturated rings. The van der Waals surface area contributed by atoms with Crippen molar-refractivity contribution in [3.63, 3.8) is 0 Å². The number of Topliss-reactive ketones (excluding diaryl/α,β-unsaturated/α-hetero) is 1. The monoisotopic (exact) mass is 554 g/mol. The van der Waals surface area contributed by atoms with Gasteiger partial charge in [-0.2, -0.15) is 0 Å². The van der Waals surface area contributed by atoms with E-state index in [1.54, 1.807) is 25.0 Å². The van der Waals surface area contributed by atoms with Gasteiger partial charge in [-0.25, -0.2) is 4.39 Å². The molecule has 1 N–H and O–H groups in total. The molecule has 0 saturated carbocycles. The van der Waals surface area contributed by atoms with Gasteiger partial charge in [0, 0.05) is 43.9 Å². The van der Waals surface area contributed by atoms with Crippen molar-refractivity contribution in [3.05, 3.63) is 46.3 Å². The number of methoxy groups -OCH3 is 1. The van der Waals surface area contributed by atoms with Crippen LogP contribution in [0.1, 0.15) is 68.6 Å². The highest BCUT2D eigenvalue weighted by molar-refractivity contribution is 6.06. The molecule has 2 heterocycles.